The number of piperazine rings is 1. The van der Waals surface area contributed by atoms with E-state index in [0.29, 0.717) is 85.3 Å². The maximum atomic E-state index is 12.4. The van der Waals surface area contributed by atoms with Crippen LogP contribution in [0.1, 0.15) is 46.5 Å². The van der Waals surface area contributed by atoms with Gasteiger partial charge in [-0.25, -0.2) is 0 Å². The molecule has 0 aromatic rings. The average molecular weight is 528 g/mol. The van der Waals surface area contributed by atoms with E-state index in [1.165, 1.54) is 0 Å². The SMILES string of the molecule is CCCCC(=O)NCCOCCOCCOCCOCCC(=O)N1CCN(C/C=C/C(=O)C(C)C)CC1. The third kappa shape index (κ3) is 18.1. The van der Waals surface area contributed by atoms with Gasteiger partial charge in [-0.1, -0.05) is 33.3 Å². The average Bonchev–Trinajstić information content (AvgIpc) is 2.89. The quantitative estimate of drug-likeness (QED) is 0.167. The van der Waals surface area contributed by atoms with Gasteiger partial charge in [-0.2, -0.15) is 0 Å². The largest absolute Gasteiger partial charge is 0.379 e. The fourth-order valence-electron chi connectivity index (χ4n) is 3.46. The maximum absolute atomic E-state index is 12.4. The summed E-state index contributed by atoms with van der Waals surface area (Å²) in [4.78, 5) is 39.6. The molecule has 1 aliphatic rings. The van der Waals surface area contributed by atoms with E-state index in [2.05, 4.69) is 17.1 Å². The third-order valence-electron chi connectivity index (χ3n) is 5.84. The standard InChI is InChI=1S/C27H49N3O7/c1-4-5-8-26(32)28-10-17-35-19-21-37-23-22-36-20-18-34-16-9-27(33)30-14-12-29(13-15-30)11-6-7-25(31)24(2)3/h6-7,24H,4-5,8-23H2,1-3H3,(H,28,32)/b7-6+. The van der Waals surface area contributed by atoms with Gasteiger partial charge in [-0.15, -0.1) is 0 Å². The molecule has 1 fully saturated rings. The van der Waals surface area contributed by atoms with Gasteiger partial charge >= 0.3 is 0 Å². The van der Waals surface area contributed by atoms with Crippen LogP contribution < -0.4 is 5.32 Å². The highest BCUT2D eigenvalue weighted by Crippen LogP contribution is 2.05. The Bertz CT molecular complexity index is 650. The lowest BCUT2D eigenvalue weighted by atomic mass is 10.1. The van der Waals surface area contributed by atoms with Gasteiger partial charge in [0, 0.05) is 51.6 Å². The van der Waals surface area contributed by atoms with Gasteiger partial charge in [0.05, 0.1) is 59.3 Å². The molecular formula is C27H49N3O7. The zero-order valence-corrected chi connectivity index (χ0v) is 23.2. The zero-order valence-electron chi connectivity index (χ0n) is 23.2. The molecule has 10 heteroatoms. The third-order valence-corrected chi connectivity index (χ3v) is 5.84. The summed E-state index contributed by atoms with van der Waals surface area (Å²) in [6, 6.07) is 0. The second-order valence-electron chi connectivity index (χ2n) is 9.29. The van der Waals surface area contributed by atoms with Gasteiger partial charge in [0.2, 0.25) is 11.8 Å². The predicted octanol–water partition coefficient (Wildman–Crippen LogP) is 1.67. The molecule has 1 heterocycles. The number of allylic oxidation sites excluding steroid dienone is 1. The molecule has 0 bridgehead atoms. The molecule has 1 saturated heterocycles. The number of carbonyl (C=O) groups excluding carboxylic acids is 3. The molecule has 0 aromatic heterocycles. The van der Waals surface area contributed by atoms with Crippen LogP contribution in [0, 0.1) is 5.92 Å². The molecule has 37 heavy (non-hydrogen) atoms. The Kier molecular flexibility index (Phi) is 19.9. The first kappa shape index (κ1) is 33.2. The van der Waals surface area contributed by atoms with E-state index >= 15 is 0 Å². The Labute approximate surface area is 223 Å². The number of unbranched alkanes of at least 4 members (excludes halogenated alkanes) is 1. The number of hydrogen-bond acceptors (Lipinski definition) is 8. The molecule has 10 nitrogen and oxygen atoms in total. The highest BCUT2D eigenvalue weighted by molar-refractivity contribution is 5.91. The fourth-order valence-corrected chi connectivity index (χ4v) is 3.46. The number of carbonyl (C=O) groups is 3. The van der Waals surface area contributed by atoms with E-state index in [1.807, 2.05) is 24.8 Å². The first-order valence-corrected chi connectivity index (χ1v) is 13.7. The minimum atomic E-state index is 0.0258. The molecule has 2 amide bonds. The monoisotopic (exact) mass is 527 g/mol. The van der Waals surface area contributed by atoms with Gasteiger partial charge in [0.15, 0.2) is 5.78 Å². The summed E-state index contributed by atoms with van der Waals surface area (Å²) in [5, 5.41) is 2.82. The summed E-state index contributed by atoms with van der Waals surface area (Å²) in [5.74, 6) is 0.357. The second kappa shape index (κ2) is 22.2. The molecule has 1 rings (SSSR count). The Morgan fingerprint density at radius 2 is 1.38 bits per heavy atom. The van der Waals surface area contributed by atoms with Crippen LogP contribution in [0.2, 0.25) is 0 Å². The summed E-state index contributed by atoms with van der Waals surface area (Å²) in [6.45, 7) is 13.8. The van der Waals surface area contributed by atoms with Crippen molar-refractivity contribution < 1.29 is 33.3 Å². The first-order chi connectivity index (χ1) is 17.9. The molecule has 0 spiro atoms. The number of amides is 2. The van der Waals surface area contributed by atoms with Crippen LogP contribution in [0.4, 0.5) is 0 Å². The summed E-state index contributed by atoms with van der Waals surface area (Å²) >= 11 is 0. The van der Waals surface area contributed by atoms with Crippen LogP contribution >= 0.6 is 0 Å². The molecule has 0 radical (unpaired) electrons. The van der Waals surface area contributed by atoms with Crippen LogP contribution in [-0.2, 0) is 33.3 Å². The molecule has 0 atom stereocenters. The molecule has 214 valence electrons. The predicted molar refractivity (Wildman–Crippen MR) is 142 cm³/mol. The van der Waals surface area contributed by atoms with E-state index in [1.54, 1.807) is 6.08 Å². The second-order valence-corrected chi connectivity index (χ2v) is 9.29. The minimum absolute atomic E-state index is 0.0258. The van der Waals surface area contributed by atoms with Crippen molar-refractivity contribution in [2.45, 2.75) is 46.5 Å². The number of nitrogens with zero attached hydrogens (tertiary/aromatic N) is 2. The Morgan fingerprint density at radius 3 is 1.95 bits per heavy atom. The van der Waals surface area contributed by atoms with E-state index in [9.17, 15) is 14.4 Å². The molecular weight excluding hydrogens is 478 g/mol. The van der Waals surface area contributed by atoms with Gasteiger partial charge in [-0.05, 0) is 12.5 Å². The summed E-state index contributed by atoms with van der Waals surface area (Å²) in [7, 11) is 0. The minimum Gasteiger partial charge on any atom is -0.379 e. The molecule has 1 aliphatic heterocycles. The van der Waals surface area contributed by atoms with Crippen molar-refractivity contribution in [1.29, 1.82) is 0 Å². The maximum Gasteiger partial charge on any atom is 0.224 e. The lowest BCUT2D eigenvalue weighted by Crippen LogP contribution is -2.48. The number of ketones is 1. The Hall–Kier alpha value is -1.85. The smallest absolute Gasteiger partial charge is 0.224 e. The van der Waals surface area contributed by atoms with Crippen LogP contribution in [0.3, 0.4) is 0 Å². The molecule has 0 aromatic carbocycles. The highest BCUT2D eigenvalue weighted by atomic mass is 16.6. The van der Waals surface area contributed by atoms with E-state index in [-0.39, 0.29) is 23.5 Å². The lowest BCUT2D eigenvalue weighted by Gasteiger charge is -2.34. The molecule has 0 aliphatic carbocycles. The lowest BCUT2D eigenvalue weighted by molar-refractivity contribution is -0.134. The summed E-state index contributed by atoms with van der Waals surface area (Å²) in [6.07, 6.45) is 6.45. The number of hydrogen-bond donors (Lipinski definition) is 1. The summed E-state index contributed by atoms with van der Waals surface area (Å²) in [5.41, 5.74) is 0. The van der Waals surface area contributed by atoms with Crippen LogP contribution in [-0.4, -0.2) is 120 Å². The zero-order chi connectivity index (χ0) is 27.1. The van der Waals surface area contributed by atoms with E-state index in [0.717, 1.165) is 32.5 Å². The molecule has 0 unspecified atom stereocenters. The van der Waals surface area contributed by atoms with Gasteiger partial charge in [-0.3, -0.25) is 19.3 Å². The van der Waals surface area contributed by atoms with Crippen LogP contribution in [0.25, 0.3) is 0 Å². The van der Waals surface area contributed by atoms with E-state index < -0.39 is 0 Å². The van der Waals surface area contributed by atoms with Gasteiger partial charge in [0.1, 0.15) is 0 Å². The normalized spacial score (nSPS) is 14.5. The van der Waals surface area contributed by atoms with Crippen molar-refractivity contribution >= 4 is 17.6 Å². The van der Waals surface area contributed by atoms with Crippen molar-refractivity contribution in [3.63, 3.8) is 0 Å². The van der Waals surface area contributed by atoms with Crippen molar-refractivity contribution in [1.82, 2.24) is 15.1 Å². The Balaban J connectivity index is 1.87. The Morgan fingerprint density at radius 1 is 0.811 bits per heavy atom. The highest BCUT2D eigenvalue weighted by Gasteiger charge is 2.20. The number of nitrogens with one attached hydrogen (secondary N) is 1. The van der Waals surface area contributed by atoms with E-state index in [4.69, 9.17) is 18.9 Å². The number of rotatable bonds is 22. The summed E-state index contributed by atoms with van der Waals surface area (Å²) < 4.78 is 21.8. The number of ether oxygens (including phenoxy) is 4. The van der Waals surface area contributed by atoms with Crippen molar-refractivity contribution in [3.05, 3.63) is 12.2 Å². The molecule has 1 N–H and O–H groups in total. The van der Waals surface area contributed by atoms with Crippen molar-refractivity contribution in [2.24, 2.45) is 5.92 Å². The van der Waals surface area contributed by atoms with Crippen LogP contribution in [0.5, 0.6) is 0 Å². The fraction of sp³-hybridized carbons (Fsp3) is 0.815. The first-order valence-electron chi connectivity index (χ1n) is 13.7. The topological polar surface area (TPSA) is 107 Å². The molecule has 0 saturated carbocycles. The van der Waals surface area contributed by atoms with Crippen molar-refractivity contribution in [2.75, 3.05) is 92.1 Å². The van der Waals surface area contributed by atoms with Crippen LogP contribution in [0.15, 0.2) is 12.2 Å². The van der Waals surface area contributed by atoms with Gasteiger partial charge in [0.25, 0.3) is 0 Å². The van der Waals surface area contributed by atoms with Gasteiger partial charge < -0.3 is 29.2 Å². The van der Waals surface area contributed by atoms with Crippen molar-refractivity contribution in [3.8, 4) is 0 Å².